The molecule has 0 radical (unpaired) electrons. The smallest absolute Gasteiger partial charge is 0.358 e. The summed E-state index contributed by atoms with van der Waals surface area (Å²) in [5, 5.41) is 19.0. The lowest BCUT2D eigenvalue weighted by atomic mass is 10.2. The lowest BCUT2D eigenvalue weighted by Gasteiger charge is -2.07. The first-order chi connectivity index (χ1) is 8.56. The van der Waals surface area contributed by atoms with Crippen LogP contribution in [0.5, 0.6) is 0 Å². The molecule has 0 saturated carbocycles. The van der Waals surface area contributed by atoms with Crippen molar-refractivity contribution in [1.29, 1.82) is 0 Å². The van der Waals surface area contributed by atoms with Gasteiger partial charge in [0.15, 0.2) is 5.69 Å². The van der Waals surface area contributed by atoms with Crippen LogP contribution < -0.4 is 5.32 Å². The molecule has 0 bridgehead atoms. The molecule has 1 amide bonds. The molecular weight excluding hydrogens is 240 g/mol. The van der Waals surface area contributed by atoms with Crippen LogP contribution in [0.1, 0.15) is 23.1 Å². The van der Waals surface area contributed by atoms with E-state index in [9.17, 15) is 9.59 Å². The Morgan fingerprint density at radius 1 is 1.50 bits per heavy atom. The van der Waals surface area contributed by atoms with Gasteiger partial charge in [-0.2, -0.15) is 0 Å². The van der Waals surface area contributed by atoms with Gasteiger partial charge in [-0.1, -0.05) is 5.21 Å². The molecule has 0 aliphatic rings. The summed E-state index contributed by atoms with van der Waals surface area (Å²) in [7, 11) is 1.53. The van der Waals surface area contributed by atoms with E-state index in [4.69, 9.17) is 9.84 Å². The molecule has 1 heterocycles. The van der Waals surface area contributed by atoms with Crippen LogP contribution in [0.2, 0.25) is 0 Å². The Balaban J connectivity index is 2.76. The summed E-state index contributed by atoms with van der Waals surface area (Å²) in [5.74, 6) is -1.26. The maximum Gasteiger partial charge on any atom is 0.358 e. The van der Waals surface area contributed by atoms with E-state index in [0.717, 1.165) is 0 Å². The number of carbonyl (C=O) groups is 2. The average Bonchev–Trinajstić information content (AvgIpc) is 2.69. The van der Waals surface area contributed by atoms with Crippen LogP contribution in [0.15, 0.2) is 0 Å². The van der Waals surface area contributed by atoms with Crippen LogP contribution in [-0.4, -0.2) is 52.2 Å². The zero-order valence-electron chi connectivity index (χ0n) is 10.3. The number of aromatic nitrogens is 3. The first-order valence-corrected chi connectivity index (χ1v) is 5.45. The zero-order chi connectivity index (χ0) is 13.5. The molecule has 2 N–H and O–H groups in total. The molecule has 8 nitrogen and oxygen atoms in total. The quantitative estimate of drug-likeness (QED) is 0.668. The number of ether oxygens (including phenoxy) is 1. The fourth-order valence-electron chi connectivity index (χ4n) is 1.46. The molecule has 0 aliphatic heterocycles. The molecule has 0 aromatic carbocycles. The van der Waals surface area contributed by atoms with Gasteiger partial charge in [0, 0.05) is 27.0 Å². The molecule has 100 valence electrons. The van der Waals surface area contributed by atoms with Crippen molar-refractivity contribution in [2.75, 3.05) is 20.3 Å². The van der Waals surface area contributed by atoms with Gasteiger partial charge >= 0.3 is 5.97 Å². The van der Waals surface area contributed by atoms with Crippen LogP contribution in [0.3, 0.4) is 0 Å². The summed E-state index contributed by atoms with van der Waals surface area (Å²) in [6.45, 7) is 2.54. The second kappa shape index (κ2) is 6.70. The van der Waals surface area contributed by atoms with E-state index in [-0.39, 0.29) is 11.6 Å². The number of rotatable bonds is 7. The van der Waals surface area contributed by atoms with Gasteiger partial charge in [-0.25, -0.2) is 9.48 Å². The predicted octanol–water partition coefficient (Wildman–Crippen LogP) is -0.699. The van der Waals surface area contributed by atoms with E-state index < -0.39 is 5.97 Å². The molecule has 0 spiro atoms. The average molecular weight is 256 g/mol. The topological polar surface area (TPSA) is 106 Å². The highest BCUT2D eigenvalue weighted by atomic mass is 16.5. The fraction of sp³-hybridized carbons (Fsp3) is 0.600. The zero-order valence-corrected chi connectivity index (χ0v) is 10.3. The number of nitrogens with one attached hydrogen (secondary N) is 1. The number of carboxylic acids is 1. The van der Waals surface area contributed by atoms with E-state index in [1.165, 1.54) is 18.7 Å². The molecule has 1 aromatic rings. The Bertz CT molecular complexity index is 430. The molecule has 8 heteroatoms. The Morgan fingerprint density at radius 3 is 2.78 bits per heavy atom. The summed E-state index contributed by atoms with van der Waals surface area (Å²) < 4.78 is 6.39. The SMILES string of the molecule is COCCc1c(C(=O)O)nnn1CCNC(C)=O. The highest BCUT2D eigenvalue weighted by molar-refractivity contribution is 5.86. The van der Waals surface area contributed by atoms with Crippen LogP contribution in [0.25, 0.3) is 0 Å². The summed E-state index contributed by atoms with van der Waals surface area (Å²) in [6, 6.07) is 0. The number of methoxy groups -OCH3 is 1. The first-order valence-electron chi connectivity index (χ1n) is 5.45. The van der Waals surface area contributed by atoms with Crippen LogP contribution in [0, 0.1) is 0 Å². The van der Waals surface area contributed by atoms with Gasteiger partial charge in [0.2, 0.25) is 5.91 Å². The molecule has 0 aliphatic carbocycles. The Labute approximate surface area is 104 Å². The van der Waals surface area contributed by atoms with E-state index >= 15 is 0 Å². The third-order valence-corrected chi connectivity index (χ3v) is 2.28. The van der Waals surface area contributed by atoms with Crippen molar-refractivity contribution in [3.05, 3.63) is 11.4 Å². The van der Waals surface area contributed by atoms with Crippen LogP contribution >= 0.6 is 0 Å². The van der Waals surface area contributed by atoms with Crippen molar-refractivity contribution in [3.8, 4) is 0 Å². The first kappa shape index (κ1) is 14.1. The number of carbonyl (C=O) groups excluding carboxylic acids is 1. The lowest BCUT2D eigenvalue weighted by molar-refractivity contribution is -0.119. The minimum atomic E-state index is -1.12. The third kappa shape index (κ3) is 3.81. The largest absolute Gasteiger partial charge is 0.476 e. The third-order valence-electron chi connectivity index (χ3n) is 2.28. The molecule has 1 aromatic heterocycles. The molecule has 18 heavy (non-hydrogen) atoms. The van der Waals surface area contributed by atoms with Gasteiger partial charge in [0.25, 0.3) is 0 Å². The second-order valence-corrected chi connectivity index (χ2v) is 3.64. The summed E-state index contributed by atoms with van der Waals surface area (Å²) in [5.41, 5.74) is 0.421. The van der Waals surface area contributed by atoms with Crippen LogP contribution in [-0.2, 0) is 22.5 Å². The van der Waals surface area contributed by atoms with Crippen molar-refractivity contribution < 1.29 is 19.4 Å². The summed E-state index contributed by atoms with van der Waals surface area (Å²) in [6.07, 6.45) is 0.408. The molecule has 0 atom stereocenters. The molecule has 1 rings (SSSR count). The lowest BCUT2D eigenvalue weighted by Crippen LogP contribution is -2.25. The van der Waals surface area contributed by atoms with E-state index in [1.54, 1.807) is 0 Å². The summed E-state index contributed by atoms with van der Waals surface area (Å²) >= 11 is 0. The maximum atomic E-state index is 11.0. The van der Waals surface area contributed by atoms with Crippen molar-refractivity contribution in [1.82, 2.24) is 20.3 Å². The molecule has 0 fully saturated rings. The maximum absolute atomic E-state index is 11.0. The predicted molar refractivity (Wildman–Crippen MR) is 61.2 cm³/mol. The standard InChI is InChI=1S/C10H16N4O4/c1-7(15)11-4-5-14-8(3-6-18-2)9(10(16)17)12-13-14/h3-6H2,1-2H3,(H,11,15)(H,16,17). The van der Waals surface area contributed by atoms with Gasteiger partial charge in [-0.05, 0) is 0 Å². The number of hydrogen-bond donors (Lipinski definition) is 2. The van der Waals surface area contributed by atoms with Crippen LogP contribution in [0.4, 0.5) is 0 Å². The number of hydrogen-bond acceptors (Lipinski definition) is 5. The normalized spacial score (nSPS) is 10.3. The second-order valence-electron chi connectivity index (χ2n) is 3.64. The molecular formula is C10H16N4O4. The van der Waals surface area contributed by atoms with Crippen molar-refractivity contribution in [3.63, 3.8) is 0 Å². The number of nitrogens with zero attached hydrogens (tertiary/aromatic N) is 3. The number of carboxylic acid groups (broad SMARTS) is 1. The number of aromatic carboxylic acids is 1. The highest BCUT2D eigenvalue weighted by Gasteiger charge is 2.18. The fourth-order valence-corrected chi connectivity index (χ4v) is 1.46. The van der Waals surface area contributed by atoms with Gasteiger partial charge in [-0.15, -0.1) is 5.10 Å². The van der Waals surface area contributed by atoms with Gasteiger partial charge in [-0.3, -0.25) is 4.79 Å². The minimum Gasteiger partial charge on any atom is -0.476 e. The molecule has 0 saturated heterocycles. The Kier molecular flexibility index (Phi) is 5.25. The van der Waals surface area contributed by atoms with E-state index in [2.05, 4.69) is 15.6 Å². The van der Waals surface area contributed by atoms with Gasteiger partial charge in [0.1, 0.15) is 0 Å². The highest BCUT2D eigenvalue weighted by Crippen LogP contribution is 2.06. The van der Waals surface area contributed by atoms with Crippen molar-refractivity contribution in [2.45, 2.75) is 19.9 Å². The van der Waals surface area contributed by atoms with Crippen molar-refractivity contribution in [2.24, 2.45) is 0 Å². The van der Waals surface area contributed by atoms with E-state index in [0.29, 0.717) is 31.8 Å². The Morgan fingerprint density at radius 2 is 2.22 bits per heavy atom. The Hall–Kier alpha value is -1.96. The monoisotopic (exact) mass is 256 g/mol. The summed E-state index contributed by atoms with van der Waals surface area (Å²) in [4.78, 5) is 21.7. The molecule has 0 unspecified atom stereocenters. The van der Waals surface area contributed by atoms with Crippen molar-refractivity contribution >= 4 is 11.9 Å². The minimum absolute atomic E-state index is 0.0742. The van der Waals surface area contributed by atoms with E-state index in [1.807, 2.05) is 0 Å². The van der Waals surface area contributed by atoms with Gasteiger partial charge in [0.05, 0.1) is 18.8 Å². The number of amides is 1. The van der Waals surface area contributed by atoms with Gasteiger partial charge < -0.3 is 15.2 Å².